The molecular weight excluding hydrogens is 572 g/mol. The van der Waals surface area contributed by atoms with E-state index >= 15 is 4.39 Å². The second-order valence-corrected chi connectivity index (χ2v) is 11.1. The van der Waals surface area contributed by atoms with Crippen LogP contribution in [0.25, 0.3) is 11.2 Å². The zero-order valence-electron chi connectivity index (χ0n) is 22.2. The Morgan fingerprint density at radius 2 is 1.74 bits per heavy atom. The van der Waals surface area contributed by atoms with Crippen molar-refractivity contribution in [2.75, 3.05) is 11.0 Å². The van der Waals surface area contributed by atoms with Crippen LogP contribution in [0.1, 0.15) is 22.8 Å². The highest BCUT2D eigenvalue weighted by atomic mass is 32.2. The van der Waals surface area contributed by atoms with E-state index in [1.165, 1.54) is 51.8 Å². The lowest BCUT2D eigenvalue weighted by Gasteiger charge is -2.13. The first-order valence-electron chi connectivity index (χ1n) is 12.5. The van der Waals surface area contributed by atoms with Gasteiger partial charge in [-0.15, -0.1) is 0 Å². The number of nitrogens with one attached hydrogen (secondary N) is 1. The van der Waals surface area contributed by atoms with Crippen molar-refractivity contribution >= 4 is 27.0 Å². The molecule has 0 spiro atoms. The average Bonchev–Trinajstić information content (AvgIpc) is 3.39. The molecule has 0 saturated heterocycles. The molecule has 0 amide bonds. The molecule has 0 aliphatic heterocycles. The molecule has 2 aromatic carbocycles. The molecule has 0 radical (unpaired) electrons. The number of carbonyl (C=O) groups excluding carboxylic acids is 1. The van der Waals surface area contributed by atoms with E-state index < -0.39 is 38.7 Å². The third-order valence-electron chi connectivity index (χ3n) is 6.24. The number of pyridine rings is 1. The van der Waals surface area contributed by atoms with Crippen molar-refractivity contribution in [3.8, 4) is 17.2 Å². The molecule has 0 atom stereocenters. The van der Waals surface area contributed by atoms with Crippen molar-refractivity contribution in [2.45, 2.75) is 19.9 Å². The molecule has 11 nitrogen and oxygen atoms in total. The van der Waals surface area contributed by atoms with E-state index in [-0.39, 0.29) is 47.0 Å². The van der Waals surface area contributed by atoms with Crippen LogP contribution in [0.5, 0.6) is 11.5 Å². The summed E-state index contributed by atoms with van der Waals surface area (Å²) in [6.45, 7) is 1.82. The van der Waals surface area contributed by atoms with Crippen molar-refractivity contribution in [2.24, 2.45) is 0 Å². The third-order valence-corrected chi connectivity index (χ3v) is 6.84. The van der Waals surface area contributed by atoms with Crippen molar-refractivity contribution in [1.82, 2.24) is 18.7 Å². The number of benzene rings is 2. The first-order chi connectivity index (χ1) is 19.9. The first-order valence-corrected chi connectivity index (χ1v) is 14.4. The molecule has 5 aromatic rings. The minimum atomic E-state index is -3.61. The van der Waals surface area contributed by atoms with Crippen molar-refractivity contribution < 1.29 is 26.7 Å². The van der Waals surface area contributed by atoms with Crippen LogP contribution >= 0.6 is 0 Å². The number of hydrogen-bond donors (Lipinski definition) is 1. The minimum absolute atomic E-state index is 0.0962. The topological polar surface area (TPSA) is 134 Å². The summed E-state index contributed by atoms with van der Waals surface area (Å²) < 4.78 is 63.3. The highest BCUT2D eigenvalue weighted by Crippen LogP contribution is 2.31. The summed E-state index contributed by atoms with van der Waals surface area (Å²) >= 11 is 0. The van der Waals surface area contributed by atoms with Gasteiger partial charge in [0.15, 0.2) is 23.1 Å². The van der Waals surface area contributed by atoms with E-state index in [1.54, 1.807) is 13.0 Å². The molecule has 42 heavy (non-hydrogen) atoms. The standard InChI is InChI=1S/C28H23F2N5O6S/c1-3-33-16-21(27(37)35(28(33)38)20-7-5-18(29)6-8-20)24(36)13-17-4-9-25(22(30)12-17)41-26-14-19(32-42(2,39)40)15-34-23(26)10-11-31-34/h4-12,14-16,32H,3,13H2,1-2H3. The molecule has 1 N–H and O–H groups in total. The maximum absolute atomic E-state index is 15.1. The fraction of sp³-hybridized carbons (Fsp3) is 0.143. The largest absolute Gasteiger partial charge is 0.452 e. The third kappa shape index (κ3) is 5.83. The average molecular weight is 596 g/mol. The number of Topliss-reactive ketones (excluding diaryl/α,β-unsaturated/α-hetero) is 1. The number of fused-ring (bicyclic) bond motifs is 1. The molecule has 0 fully saturated rings. The zero-order chi connectivity index (χ0) is 30.2. The maximum Gasteiger partial charge on any atom is 0.335 e. The Kier molecular flexibility index (Phi) is 7.47. The number of hydrogen-bond acceptors (Lipinski definition) is 7. The number of nitrogens with zero attached hydrogens (tertiary/aromatic N) is 4. The monoisotopic (exact) mass is 595 g/mol. The molecule has 0 aliphatic rings. The van der Waals surface area contributed by atoms with Crippen LogP contribution in [0.2, 0.25) is 0 Å². The number of anilines is 1. The van der Waals surface area contributed by atoms with E-state index in [0.29, 0.717) is 5.52 Å². The molecular formula is C28H23F2N5O6S. The van der Waals surface area contributed by atoms with Crippen molar-refractivity contribution in [1.29, 1.82) is 0 Å². The maximum atomic E-state index is 15.1. The second-order valence-electron chi connectivity index (χ2n) is 9.32. The summed E-state index contributed by atoms with van der Waals surface area (Å²) in [7, 11) is -3.61. The molecule has 0 bridgehead atoms. The number of carbonyl (C=O) groups is 1. The summed E-state index contributed by atoms with van der Waals surface area (Å²) in [4.78, 5) is 39.2. The quantitative estimate of drug-likeness (QED) is 0.258. The fourth-order valence-corrected chi connectivity index (χ4v) is 4.86. The molecule has 216 valence electrons. The number of sulfonamides is 1. The molecule has 3 heterocycles. The number of ketones is 1. The van der Waals surface area contributed by atoms with Gasteiger partial charge in [-0.3, -0.25) is 18.9 Å². The lowest BCUT2D eigenvalue weighted by molar-refractivity contribution is 0.0990. The van der Waals surface area contributed by atoms with Gasteiger partial charge in [0, 0.05) is 25.2 Å². The smallest absolute Gasteiger partial charge is 0.335 e. The van der Waals surface area contributed by atoms with Crippen LogP contribution in [-0.2, 0) is 23.0 Å². The fourth-order valence-electron chi connectivity index (χ4n) is 4.32. The van der Waals surface area contributed by atoms with Gasteiger partial charge in [0.1, 0.15) is 16.9 Å². The van der Waals surface area contributed by atoms with Gasteiger partial charge in [-0.1, -0.05) is 6.07 Å². The highest BCUT2D eigenvalue weighted by Gasteiger charge is 2.20. The van der Waals surface area contributed by atoms with E-state index in [2.05, 4.69) is 9.82 Å². The number of ether oxygens (including phenoxy) is 1. The van der Waals surface area contributed by atoms with E-state index in [9.17, 15) is 27.2 Å². The summed E-state index contributed by atoms with van der Waals surface area (Å²) in [6.07, 6.45) is 4.67. The van der Waals surface area contributed by atoms with E-state index in [0.717, 1.165) is 35.2 Å². The number of aromatic nitrogens is 4. The van der Waals surface area contributed by atoms with Crippen molar-refractivity contribution in [3.05, 3.63) is 117 Å². The van der Waals surface area contributed by atoms with Crippen LogP contribution < -0.4 is 20.7 Å². The Bertz CT molecular complexity index is 2070. The molecule has 3 aromatic heterocycles. The molecule has 0 unspecified atom stereocenters. The normalized spacial score (nSPS) is 11.5. The lowest BCUT2D eigenvalue weighted by Crippen LogP contribution is -2.41. The Labute approximate surface area is 237 Å². The van der Waals surface area contributed by atoms with E-state index in [1.807, 2.05) is 0 Å². The number of rotatable bonds is 9. The number of aryl methyl sites for hydroxylation is 1. The molecule has 14 heteroatoms. The summed E-state index contributed by atoms with van der Waals surface area (Å²) in [6, 6.07) is 11.5. The zero-order valence-corrected chi connectivity index (χ0v) is 23.1. The van der Waals surface area contributed by atoms with Gasteiger partial charge in [0.25, 0.3) is 5.56 Å². The number of halogens is 2. The van der Waals surface area contributed by atoms with Gasteiger partial charge < -0.3 is 4.74 Å². The van der Waals surface area contributed by atoms with Gasteiger partial charge in [0.05, 0.1) is 30.0 Å². The SMILES string of the molecule is CCn1cc(C(=O)Cc2ccc(Oc3cc(NS(C)(=O)=O)cn4nccc34)c(F)c2)c(=O)n(-c2ccc(F)cc2)c1=O. The van der Waals surface area contributed by atoms with Crippen LogP contribution in [0.3, 0.4) is 0 Å². The Morgan fingerprint density at radius 3 is 2.40 bits per heavy atom. The summed E-state index contributed by atoms with van der Waals surface area (Å²) in [5.41, 5.74) is -0.954. The van der Waals surface area contributed by atoms with Gasteiger partial charge in [-0.2, -0.15) is 5.10 Å². The Morgan fingerprint density at radius 1 is 1.00 bits per heavy atom. The van der Waals surface area contributed by atoms with Gasteiger partial charge in [0.2, 0.25) is 10.0 Å². The predicted molar refractivity (Wildman–Crippen MR) is 150 cm³/mol. The molecule has 0 aliphatic carbocycles. The molecule has 5 rings (SSSR count). The van der Waals surface area contributed by atoms with Gasteiger partial charge in [-0.05, 0) is 55.0 Å². The Hall–Kier alpha value is -5.11. The van der Waals surface area contributed by atoms with Crippen LogP contribution in [0.4, 0.5) is 14.5 Å². The molecule has 0 saturated carbocycles. The van der Waals surface area contributed by atoms with Gasteiger partial charge in [-0.25, -0.2) is 31.1 Å². The predicted octanol–water partition coefficient (Wildman–Crippen LogP) is 3.53. The van der Waals surface area contributed by atoms with E-state index in [4.69, 9.17) is 4.74 Å². The van der Waals surface area contributed by atoms with Gasteiger partial charge >= 0.3 is 5.69 Å². The first kappa shape index (κ1) is 28.4. The Balaban J connectivity index is 1.43. The van der Waals surface area contributed by atoms with Crippen LogP contribution in [-0.4, -0.2) is 39.2 Å². The highest BCUT2D eigenvalue weighted by molar-refractivity contribution is 7.92. The summed E-state index contributed by atoms with van der Waals surface area (Å²) in [5.74, 6) is -2.12. The van der Waals surface area contributed by atoms with Crippen LogP contribution in [0.15, 0.2) is 82.8 Å². The minimum Gasteiger partial charge on any atom is -0.452 e. The van der Waals surface area contributed by atoms with Crippen molar-refractivity contribution in [3.63, 3.8) is 0 Å². The second kappa shape index (κ2) is 11.0. The summed E-state index contributed by atoms with van der Waals surface area (Å²) in [5, 5.41) is 4.07. The van der Waals surface area contributed by atoms with Crippen LogP contribution in [0, 0.1) is 11.6 Å². The lowest BCUT2D eigenvalue weighted by atomic mass is 10.0.